The number of hydrogen-bond acceptors (Lipinski definition) is 4. The third-order valence-corrected chi connectivity index (χ3v) is 6.28. The van der Waals surface area contributed by atoms with Gasteiger partial charge < -0.3 is 10.2 Å². The molecule has 0 saturated heterocycles. The van der Waals surface area contributed by atoms with Crippen LogP contribution in [0.2, 0.25) is 0 Å². The van der Waals surface area contributed by atoms with Crippen LogP contribution in [0.15, 0.2) is 54.6 Å². The minimum Gasteiger partial charge on any atom is -0.354 e. The number of nitrogens with zero attached hydrogens (tertiary/aromatic N) is 2. The summed E-state index contributed by atoms with van der Waals surface area (Å²) in [4.78, 5) is 27.8. The highest BCUT2D eigenvalue weighted by Gasteiger charge is 2.32. The third-order valence-electron chi connectivity index (χ3n) is 5.02. The molecule has 2 amide bonds. The van der Waals surface area contributed by atoms with Gasteiger partial charge in [0.05, 0.1) is 12.8 Å². The molecule has 0 aliphatic heterocycles. The number of rotatable bonds is 11. The molecule has 0 radical (unpaired) electrons. The highest BCUT2D eigenvalue weighted by molar-refractivity contribution is 7.88. The van der Waals surface area contributed by atoms with E-state index in [0.29, 0.717) is 17.7 Å². The molecule has 0 fully saturated rings. The van der Waals surface area contributed by atoms with E-state index in [1.807, 2.05) is 6.92 Å². The van der Waals surface area contributed by atoms with Crippen LogP contribution in [0.4, 0.5) is 4.39 Å². The topological polar surface area (TPSA) is 86.8 Å². The van der Waals surface area contributed by atoms with E-state index in [2.05, 4.69) is 5.32 Å². The lowest BCUT2D eigenvalue weighted by Crippen LogP contribution is -2.47. The van der Waals surface area contributed by atoms with Crippen LogP contribution in [0, 0.1) is 5.82 Å². The van der Waals surface area contributed by atoms with Gasteiger partial charge in [-0.05, 0) is 29.7 Å². The zero-order chi connectivity index (χ0) is 23.7. The van der Waals surface area contributed by atoms with Crippen molar-refractivity contribution in [1.82, 2.24) is 14.5 Å². The first-order chi connectivity index (χ1) is 15.1. The Labute approximate surface area is 189 Å². The fourth-order valence-electron chi connectivity index (χ4n) is 3.10. The first-order valence-corrected chi connectivity index (χ1v) is 12.3. The lowest BCUT2D eigenvalue weighted by atomic mass is 10.0. The van der Waals surface area contributed by atoms with Gasteiger partial charge in [-0.1, -0.05) is 55.8 Å². The summed E-state index contributed by atoms with van der Waals surface area (Å²) in [5.41, 5.74) is 1.21. The number of benzene rings is 2. The van der Waals surface area contributed by atoms with Crippen LogP contribution in [0.5, 0.6) is 0 Å². The van der Waals surface area contributed by atoms with E-state index in [1.54, 1.807) is 30.3 Å². The van der Waals surface area contributed by atoms with Crippen LogP contribution in [0.3, 0.4) is 0 Å². The predicted octanol–water partition coefficient (Wildman–Crippen LogP) is 2.70. The Morgan fingerprint density at radius 2 is 1.69 bits per heavy atom. The molecule has 0 aliphatic carbocycles. The highest BCUT2D eigenvalue weighted by atomic mass is 32.2. The van der Waals surface area contributed by atoms with Gasteiger partial charge in [0.1, 0.15) is 11.9 Å². The van der Waals surface area contributed by atoms with Crippen LogP contribution in [-0.4, -0.2) is 55.8 Å². The van der Waals surface area contributed by atoms with Gasteiger partial charge in [0, 0.05) is 20.1 Å². The normalized spacial score (nSPS) is 12.4. The number of likely N-dealkylation sites (N-methyl/N-ethyl adjacent to an activating group) is 1. The van der Waals surface area contributed by atoms with Gasteiger partial charge in [-0.15, -0.1) is 0 Å². The molecular formula is C23H30FN3O4S. The molecule has 1 N–H and O–H groups in total. The number of nitrogens with one attached hydrogen (secondary N) is 1. The number of sulfonamides is 1. The fourth-order valence-corrected chi connectivity index (χ4v) is 3.45. The number of unbranched alkanes of at least 4 members (excludes halogenated alkanes) is 1. The van der Waals surface area contributed by atoms with E-state index < -0.39 is 34.3 Å². The summed E-state index contributed by atoms with van der Waals surface area (Å²) in [6, 6.07) is 13.5. The molecule has 2 rings (SSSR count). The van der Waals surface area contributed by atoms with Crippen molar-refractivity contribution in [3.05, 3.63) is 71.5 Å². The molecule has 9 heteroatoms. The fraction of sp³-hybridized carbons (Fsp3) is 0.391. The average Bonchev–Trinajstić information content (AvgIpc) is 2.75. The summed E-state index contributed by atoms with van der Waals surface area (Å²) >= 11 is 0. The van der Waals surface area contributed by atoms with Gasteiger partial charge in [-0.25, -0.2) is 12.8 Å². The summed E-state index contributed by atoms with van der Waals surface area (Å²) in [7, 11) is -2.29. The second kappa shape index (κ2) is 11.7. The van der Waals surface area contributed by atoms with E-state index in [4.69, 9.17) is 0 Å². The van der Waals surface area contributed by atoms with E-state index >= 15 is 0 Å². The molecule has 2 aromatic carbocycles. The quantitative estimate of drug-likeness (QED) is 0.519. The van der Waals surface area contributed by atoms with E-state index in [1.165, 1.54) is 36.2 Å². The lowest BCUT2D eigenvalue weighted by Gasteiger charge is -2.32. The molecular weight excluding hydrogens is 433 g/mol. The van der Waals surface area contributed by atoms with Crippen molar-refractivity contribution in [3.63, 3.8) is 0 Å². The van der Waals surface area contributed by atoms with Crippen LogP contribution in [0.1, 0.15) is 36.9 Å². The Morgan fingerprint density at radius 3 is 2.25 bits per heavy atom. The molecule has 0 spiro atoms. The minimum absolute atomic E-state index is 0.0114. The maximum atomic E-state index is 13.4. The standard InChI is InChI=1S/C23H30FN3O4S/c1-4-5-15-25-23(29)22(19-9-7-6-8-10-19)27(16-18-11-13-20(24)14-12-18)21(28)17-26(2)32(3,30)31/h6-14,22H,4-5,15-17H2,1-3H3,(H,25,29)/t22-/m0/s1. The smallest absolute Gasteiger partial charge is 0.247 e. The Balaban J connectivity index is 2.45. The first-order valence-electron chi connectivity index (χ1n) is 10.4. The molecule has 32 heavy (non-hydrogen) atoms. The third kappa shape index (κ3) is 7.42. The number of carbonyl (C=O) groups is 2. The molecule has 1 atom stereocenters. The maximum absolute atomic E-state index is 13.4. The SMILES string of the molecule is CCCCNC(=O)[C@H](c1ccccc1)N(Cc1ccc(F)cc1)C(=O)CN(C)S(C)(=O)=O. The van der Waals surface area contributed by atoms with Crippen molar-refractivity contribution < 1.29 is 22.4 Å². The number of amides is 2. The van der Waals surface area contributed by atoms with Crippen molar-refractivity contribution in [3.8, 4) is 0 Å². The van der Waals surface area contributed by atoms with E-state index in [9.17, 15) is 22.4 Å². The van der Waals surface area contributed by atoms with Crippen molar-refractivity contribution in [2.75, 3.05) is 26.4 Å². The van der Waals surface area contributed by atoms with Gasteiger partial charge in [0.15, 0.2) is 0 Å². The molecule has 0 heterocycles. The summed E-state index contributed by atoms with van der Waals surface area (Å²) in [5, 5.41) is 2.87. The summed E-state index contributed by atoms with van der Waals surface area (Å²) in [6.45, 7) is 2.05. The van der Waals surface area contributed by atoms with Crippen molar-refractivity contribution in [2.24, 2.45) is 0 Å². The highest BCUT2D eigenvalue weighted by Crippen LogP contribution is 2.24. The minimum atomic E-state index is -3.60. The molecule has 0 aliphatic rings. The monoisotopic (exact) mass is 463 g/mol. The molecule has 174 valence electrons. The summed E-state index contributed by atoms with van der Waals surface area (Å²) in [6.07, 6.45) is 2.69. The Kier molecular flexibility index (Phi) is 9.34. The van der Waals surface area contributed by atoms with Gasteiger partial charge in [0.25, 0.3) is 0 Å². The Morgan fingerprint density at radius 1 is 1.06 bits per heavy atom. The Hall–Kier alpha value is -2.78. The molecule has 0 saturated carbocycles. The van der Waals surface area contributed by atoms with E-state index in [-0.39, 0.29) is 12.5 Å². The van der Waals surface area contributed by atoms with Gasteiger partial charge in [-0.2, -0.15) is 4.31 Å². The molecule has 2 aromatic rings. The van der Waals surface area contributed by atoms with Crippen molar-refractivity contribution >= 4 is 21.8 Å². The van der Waals surface area contributed by atoms with Gasteiger partial charge in [0.2, 0.25) is 21.8 Å². The zero-order valence-corrected chi connectivity index (χ0v) is 19.4. The first kappa shape index (κ1) is 25.5. The maximum Gasteiger partial charge on any atom is 0.247 e. The lowest BCUT2D eigenvalue weighted by molar-refractivity contribution is -0.141. The summed E-state index contributed by atoms with van der Waals surface area (Å²) in [5.74, 6) is -1.32. The van der Waals surface area contributed by atoms with Crippen LogP contribution in [-0.2, 0) is 26.2 Å². The second-order valence-corrected chi connectivity index (χ2v) is 9.71. The number of halogens is 1. The predicted molar refractivity (Wildman–Crippen MR) is 122 cm³/mol. The summed E-state index contributed by atoms with van der Waals surface area (Å²) < 4.78 is 38.1. The average molecular weight is 464 g/mol. The van der Waals surface area contributed by atoms with Gasteiger partial charge >= 0.3 is 0 Å². The van der Waals surface area contributed by atoms with Crippen LogP contribution < -0.4 is 5.32 Å². The van der Waals surface area contributed by atoms with Crippen molar-refractivity contribution in [2.45, 2.75) is 32.4 Å². The van der Waals surface area contributed by atoms with Crippen LogP contribution >= 0.6 is 0 Å². The molecule has 0 bridgehead atoms. The van der Waals surface area contributed by atoms with Crippen molar-refractivity contribution in [1.29, 1.82) is 0 Å². The second-order valence-electron chi connectivity index (χ2n) is 7.62. The zero-order valence-electron chi connectivity index (χ0n) is 18.6. The van der Waals surface area contributed by atoms with Crippen LogP contribution in [0.25, 0.3) is 0 Å². The number of hydrogen-bond donors (Lipinski definition) is 1. The van der Waals surface area contributed by atoms with Gasteiger partial charge in [-0.3, -0.25) is 9.59 Å². The largest absolute Gasteiger partial charge is 0.354 e. The molecule has 0 aromatic heterocycles. The number of carbonyl (C=O) groups excluding carboxylic acids is 2. The Bertz CT molecular complexity index is 998. The molecule has 7 nitrogen and oxygen atoms in total. The molecule has 0 unspecified atom stereocenters. The van der Waals surface area contributed by atoms with E-state index in [0.717, 1.165) is 23.4 Å².